The summed E-state index contributed by atoms with van der Waals surface area (Å²) in [6.45, 7) is 3.38. The third-order valence-corrected chi connectivity index (χ3v) is 3.20. The van der Waals surface area contributed by atoms with Gasteiger partial charge in [-0.25, -0.2) is 4.79 Å². The van der Waals surface area contributed by atoms with Gasteiger partial charge in [0, 0.05) is 24.9 Å². The third-order valence-electron chi connectivity index (χ3n) is 3.20. The van der Waals surface area contributed by atoms with Crippen LogP contribution in [0.2, 0.25) is 0 Å². The average molecular weight is 290 g/mol. The smallest absolute Gasteiger partial charge is 0.343 e. The Bertz CT molecular complexity index is 807. The molecule has 0 saturated heterocycles. The normalized spacial score (nSPS) is 10.6. The Balaban J connectivity index is 2.82. The summed E-state index contributed by atoms with van der Waals surface area (Å²) in [7, 11) is 1.66. The summed E-state index contributed by atoms with van der Waals surface area (Å²) in [6.07, 6.45) is 1.38. The zero-order valence-corrected chi connectivity index (χ0v) is 11.9. The van der Waals surface area contributed by atoms with Gasteiger partial charge in [-0.1, -0.05) is 0 Å². The number of nitrogens with zero attached hydrogens (tertiary/aromatic N) is 2. The minimum atomic E-state index is -0.733. The summed E-state index contributed by atoms with van der Waals surface area (Å²) in [5.41, 5.74) is 0.123. The van der Waals surface area contributed by atoms with Gasteiger partial charge in [-0.15, -0.1) is 0 Å². The van der Waals surface area contributed by atoms with Crippen molar-refractivity contribution in [2.24, 2.45) is 7.05 Å². The van der Waals surface area contributed by atoms with E-state index in [2.05, 4.69) is 0 Å². The number of carbonyl (C=O) groups is 1. The van der Waals surface area contributed by atoms with E-state index in [1.54, 1.807) is 31.5 Å². The Labute approximate surface area is 119 Å². The number of ether oxygens (including phenoxy) is 1. The van der Waals surface area contributed by atoms with Gasteiger partial charge in [0.05, 0.1) is 22.4 Å². The first-order chi connectivity index (χ1) is 9.86. The van der Waals surface area contributed by atoms with Crippen LogP contribution in [0.5, 0.6) is 0 Å². The highest BCUT2D eigenvalue weighted by Gasteiger charge is 2.19. The van der Waals surface area contributed by atoms with Crippen LogP contribution in [0.4, 0.5) is 5.69 Å². The van der Waals surface area contributed by atoms with E-state index in [9.17, 15) is 19.7 Å². The number of nitro benzene ring substituents is 1. The number of benzene rings is 1. The van der Waals surface area contributed by atoms with Crippen molar-refractivity contribution in [1.82, 2.24) is 4.57 Å². The average Bonchev–Trinajstić information content (AvgIpc) is 2.42. The maximum Gasteiger partial charge on any atom is 0.343 e. The van der Waals surface area contributed by atoms with E-state index in [1.165, 1.54) is 12.3 Å². The lowest BCUT2D eigenvalue weighted by Gasteiger charge is -2.09. The predicted octanol–water partition coefficient (Wildman–Crippen LogP) is 1.93. The van der Waals surface area contributed by atoms with Gasteiger partial charge >= 0.3 is 5.97 Å². The summed E-state index contributed by atoms with van der Waals surface area (Å²) in [6, 6.07) is 2.76. The van der Waals surface area contributed by atoms with Crippen LogP contribution >= 0.6 is 0 Å². The van der Waals surface area contributed by atoms with Crippen molar-refractivity contribution < 1.29 is 14.5 Å². The highest BCUT2D eigenvalue weighted by Crippen LogP contribution is 2.23. The lowest BCUT2D eigenvalue weighted by molar-refractivity contribution is -0.385. The van der Waals surface area contributed by atoms with Crippen LogP contribution in [0.15, 0.2) is 23.1 Å². The maximum atomic E-state index is 12.3. The van der Waals surface area contributed by atoms with Crippen LogP contribution in [0.3, 0.4) is 0 Å². The van der Waals surface area contributed by atoms with Crippen molar-refractivity contribution in [2.45, 2.75) is 13.8 Å². The zero-order valence-electron chi connectivity index (χ0n) is 11.9. The molecule has 1 heterocycles. The van der Waals surface area contributed by atoms with Crippen molar-refractivity contribution in [3.8, 4) is 0 Å². The summed E-state index contributed by atoms with van der Waals surface area (Å²) in [5, 5.41) is 11.1. The van der Waals surface area contributed by atoms with Crippen molar-refractivity contribution in [2.75, 3.05) is 6.61 Å². The van der Waals surface area contributed by atoms with E-state index >= 15 is 0 Å². The molecule has 0 unspecified atom stereocenters. The summed E-state index contributed by atoms with van der Waals surface area (Å²) >= 11 is 0. The van der Waals surface area contributed by atoms with Crippen LogP contribution in [-0.4, -0.2) is 22.1 Å². The number of esters is 1. The van der Waals surface area contributed by atoms with Gasteiger partial charge in [-0.2, -0.15) is 0 Å². The van der Waals surface area contributed by atoms with Crippen molar-refractivity contribution >= 4 is 22.6 Å². The first-order valence-corrected chi connectivity index (χ1v) is 6.32. The third kappa shape index (κ3) is 2.49. The number of aryl methyl sites for hydroxylation is 2. The molecule has 7 heteroatoms. The summed E-state index contributed by atoms with van der Waals surface area (Å²) < 4.78 is 6.41. The molecule has 0 radical (unpaired) electrons. The van der Waals surface area contributed by atoms with Crippen LogP contribution < -0.4 is 5.43 Å². The Morgan fingerprint density at radius 1 is 1.43 bits per heavy atom. The molecule has 110 valence electrons. The van der Waals surface area contributed by atoms with Crippen LogP contribution in [0.25, 0.3) is 10.9 Å². The molecule has 2 rings (SSSR count). The molecular formula is C14H14N2O5. The molecule has 0 N–H and O–H groups in total. The fourth-order valence-corrected chi connectivity index (χ4v) is 2.17. The summed E-state index contributed by atoms with van der Waals surface area (Å²) in [5.74, 6) is -0.733. The molecule has 0 aliphatic rings. The number of aromatic nitrogens is 1. The van der Waals surface area contributed by atoms with Gasteiger partial charge < -0.3 is 9.30 Å². The van der Waals surface area contributed by atoms with Gasteiger partial charge in [-0.3, -0.25) is 14.9 Å². The molecule has 21 heavy (non-hydrogen) atoms. The standard InChI is InChI=1S/C14H14N2O5/c1-4-21-14(18)10-7-15(3)12-5-8(2)11(16(19)20)6-9(12)13(10)17/h5-7H,4H2,1-3H3. The van der Waals surface area contributed by atoms with E-state index in [0.29, 0.717) is 11.1 Å². The Morgan fingerprint density at radius 3 is 2.67 bits per heavy atom. The van der Waals surface area contributed by atoms with Gasteiger partial charge in [0.25, 0.3) is 5.69 Å². The number of fused-ring (bicyclic) bond motifs is 1. The minimum Gasteiger partial charge on any atom is -0.462 e. The van der Waals surface area contributed by atoms with Gasteiger partial charge in [0.2, 0.25) is 5.43 Å². The highest BCUT2D eigenvalue weighted by atomic mass is 16.6. The Hall–Kier alpha value is -2.70. The molecule has 0 amide bonds. The quantitative estimate of drug-likeness (QED) is 0.489. The molecule has 7 nitrogen and oxygen atoms in total. The number of nitro groups is 1. The molecule has 0 spiro atoms. The second kappa shape index (κ2) is 5.35. The van der Waals surface area contributed by atoms with Gasteiger partial charge in [0.1, 0.15) is 5.56 Å². The van der Waals surface area contributed by atoms with E-state index in [0.717, 1.165) is 0 Å². The molecule has 0 atom stereocenters. The number of carbonyl (C=O) groups excluding carboxylic acids is 1. The summed E-state index contributed by atoms with van der Waals surface area (Å²) in [4.78, 5) is 34.6. The molecule has 1 aromatic carbocycles. The van der Waals surface area contributed by atoms with Crippen LogP contribution in [0.1, 0.15) is 22.8 Å². The molecule has 0 fully saturated rings. The van der Waals surface area contributed by atoms with Gasteiger partial charge in [0.15, 0.2) is 0 Å². The molecule has 0 saturated carbocycles. The predicted molar refractivity (Wildman–Crippen MR) is 76.5 cm³/mol. The number of hydrogen-bond acceptors (Lipinski definition) is 5. The van der Waals surface area contributed by atoms with E-state index < -0.39 is 16.3 Å². The number of pyridine rings is 1. The fraction of sp³-hybridized carbons (Fsp3) is 0.286. The molecule has 0 aliphatic heterocycles. The minimum absolute atomic E-state index is 0.125. The van der Waals surface area contributed by atoms with E-state index in [1.807, 2.05) is 0 Å². The molecule has 2 aromatic rings. The van der Waals surface area contributed by atoms with Crippen molar-refractivity contribution in [3.05, 3.63) is 49.8 Å². The first kappa shape index (κ1) is 14.7. The molecule has 1 aromatic heterocycles. The van der Waals surface area contributed by atoms with E-state index in [4.69, 9.17) is 4.74 Å². The van der Waals surface area contributed by atoms with Gasteiger partial charge in [-0.05, 0) is 19.9 Å². The SMILES string of the molecule is CCOC(=O)c1cn(C)c2cc(C)c([N+](=O)[O-])cc2c1=O. The van der Waals surface area contributed by atoms with Crippen LogP contribution in [0, 0.1) is 17.0 Å². The second-order valence-corrected chi connectivity index (χ2v) is 4.62. The molecular weight excluding hydrogens is 276 g/mol. The van der Waals surface area contributed by atoms with E-state index in [-0.39, 0.29) is 23.2 Å². The number of hydrogen-bond donors (Lipinski definition) is 0. The fourth-order valence-electron chi connectivity index (χ4n) is 2.17. The zero-order chi connectivity index (χ0) is 15.7. The topological polar surface area (TPSA) is 91.4 Å². The largest absolute Gasteiger partial charge is 0.462 e. The Morgan fingerprint density at radius 2 is 2.10 bits per heavy atom. The first-order valence-electron chi connectivity index (χ1n) is 6.32. The Kier molecular flexibility index (Phi) is 3.75. The molecule has 0 aliphatic carbocycles. The second-order valence-electron chi connectivity index (χ2n) is 4.62. The molecule has 0 bridgehead atoms. The number of rotatable bonds is 3. The van der Waals surface area contributed by atoms with Crippen molar-refractivity contribution in [3.63, 3.8) is 0 Å². The lowest BCUT2D eigenvalue weighted by atomic mass is 10.1. The van der Waals surface area contributed by atoms with Crippen molar-refractivity contribution in [1.29, 1.82) is 0 Å². The monoisotopic (exact) mass is 290 g/mol. The van der Waals surface area contributed by atoms with Crippen LogP contribution in [-0.2, 0) is 11.8 Å². The maximum absolute atomic E-state index is 12.3. The highest BCUT2D eigenvalue weighted by molar-refractivity contribution is 5.94. The lowest BCUT2D eigenvalue weighted by Crippen LogP contribution is -2.20.